The highest BCUT2D eigenvalue weighted by Gasteiger charge is 2.45. The SMILES string of the molecule is C[C@@H]1Cc2c(C(=O)NCC(C)(C)C3(O)CCCC3)n[nH]c2[C@H](C)O1. The lowest BCUT2D eigenvalue weighted by molar-refractivity contribution is -0.0591. The molecule has 1 fully saturated rings. The third-order valence-electron chi connectivity index (χ3n) is 5.83. The van der Waals surface area contributed by atoms with E-state index in [1.807, 2.05) is 27.7 Å². The molecule has 24 heavy (non-hydrogen) atoms. The Morgan fingerprint density at radius 1 is 1.42 bits per heavy atom. The first kappa shape index (κ1) is 17.4. The molecule has 2 atom stereocenters. The zero-order valence-electron chi connectivity index (χ0n) is 15.1. The van der Waals surface area contributed by atoms with E-state index in [2.05, 4.69) is 15.5 Å². The lowest BCUT2D eigenvalue weighted by atomic mass is 9.73. The van der Waals surface area contributed by atoms with Crippen LogP contribution in [-0.2, 0) is 11.2 Å². The Morgan fingerprint density at radius 2 is 2.08 bits per heavy atom. The molecule has 1 aromatic heterocycles. The molecule has 1 saturated carbocycles. The fraction of sp³-hybridized carbons (Fsp3) is 0.778. The summed E-state index contributed by atoms with van der Waals surface area (Å²) in [5.41, 5.74) is 1.26. The van der Waals surface area contributed by atoms with Crippen LogP contribution in [0.5, 0.6) is 0 Å². The van der Waals surface area contributed by atoms with E-state index in [-0.39, 0.29) is 23.5 Å². The van der Waals surface area contributed by atoms with Gasteiger partial charge >= 0.3 is 0 Å². The fourth-order valence-electron chi connectivity index (χ4n) is 4.05. The minimum atomic E-state index is -0.692. The molecule has 6 nitrogen and oxygen atoms in total. The molecule has 3 N–H and O–H groups in total. The van der Waals surface area contributed by atoms with Gasteiger partial charge < -0.3 is 15.2 Å². The Balaban J connectivity index is 1.70. The van der Waals surface area contributed by atoms with Crippen molar-refractivity contribution >= 4 is 5.91 Å². The topological polar surface area (TPSA) is 87.2 Å². The Bertz CT molecular complexity index is 617. The molecule has 134 valence electrons. The number of ether oxygens (including phenoxy) is 1. The van der Waals surface area contributed by atoms with Crippen molar-refractivity contribution in [1.82, 2.24) is 15.5 Å². The number of amides is 1. The lowest BCUT2D eigenvalue weighted by Gasteiger charge is -2.40. The monoisotopic (exact) mass is 335 g/mol. The van der Waals surface area contributed by atoms with Crippen LogP contribution in [-0.4, -0.2) is 39.5 Å². The summed E-state index contributed by atoms with van der Waals surface area (Å²) in [6, 6.07) is 0. The van der Waals surface area contributed by atoms with E-state index in [0.29, 0.717) is 18.7 Å². The summed E-state index contributed by atoms with van der Waals surface area (Å²) >= 11 is 0. The fourth-order valence-corrected chi connectivity index (χ4v) is 4.05. The van der Waals surface area contributed by atoms with Gasteiger partial charge in [0.2, 0.25) is 0 Å². The maximum Gasteiger partial charge on any atom is 0.272 e. The van der Waals surface area contributed by atoms with Gasteiger partial charge in [0.05, 0.1) is 23.5 Å². The Labute approximate surface area is 143 Å². The summed E-state index contributed by atoms with van der Waals surface area (Å²) in [7, 11) is 0. The number of rotatable bonds is 4. The maximum absolute atomic E-state index is 12.6. The molecular weight excluding hydrogens is 306 g/mol. The lowest BCUT2D eigenvalue weighted by Crippen LogP contribution is -2.49. The zero-order valence-corrected chi connectivity index (χ0v) is 15.1. The molecule has 3 rings (SSSR count). The van der Waals surface area contributed by atoms with E-state index in [9.17, 15) is 9.90 Å². The molecule has 0 aromatic carbocycles. The molecule has 1 amide bonds. The minimum Gasteiger partial charge on any atom is -0.389 e. The van der Waals surface area contributed by atoms with Crippen LogP contribution in [0.2, 0.25) is 0 Å². The number of nitrogens with zero attached hydrogens (tertiary/aromatic N) is 1. The van der Waals surface area contributed by atoms with E-state index in [0.717, 1.165) is 36.9 Å². The second-order valence-corrected chi connectivity index (χ2v) is 8.06. The van der Waals surface area contributed by atoms with Crippen molar-refractivity contribution in [1.29, 1.82) is 0 Å². The molecule has 1 aromatic rings. The van der Waals surface area contributed by atoms with Gasteiger partial charge in [-0.2, -0.15) is 5.10 Å². The molecule has 1 aliphatic heterocycles. The quantitative estimate of drug-likeness (QED) is 0.789. The second-order valence-electron chi connectivity index (χ2n) is 8.06. The van der Waals surface area contributed by atoms with Gasteiger partial charge in [0, 0.05) is 23.9 Å². The Kier molecular flexibility index (Phi) is 4.47. The van der Waals surface area contributed by atoms with E-state index in [1.54, 1.807) is 0 Å². The van der Waals surface area contributed by atoms with Gasteiger partial charge in [-0.15, -0.1) is 0 Å². The number of H-pyrrole nitrogens is 1. The van der Waals surface area contributed by atoms with Crippen LogP contribution >= 0.6 is 0 Å². The van der Waals surface area contributed by atoms with Crippen molar-refractivity contribution in [3.63, 3.8) is 0 Å². The van der Waals surface area contributed by atoms with Crippen LogP contribution in [0, 0.1) is 5.41 Å². The Morgan fingerprint density at radius 3 is 2.75 bits per heavy atom. The first-order valence-electron chi connectivity index (χ1n) is 8.97. The number of aliphatic hydroxyl groups is 1. The van der Waals surface area contributed by atoms with Crippen LogP contribution in [0.25, 0.3) is 0 Å². The summed E-state index contributed by atoms with van der Waals surface area (Å²) in [5, 5.41) is 21.0. The highest BCUT2D eigenvalue weighted by Crippen LogP contribution is 2.43. The van der Waals surface area contributed by atoms with Crippen molar-refractivity contribution in [2.75, 3.05) is 6.54 Å². The molecule has 2 aliphatic rings. The number of aromatic amines is 1. The number of hydrogen-bond acceptors (Lipinski definition) is 4. The average molecular weight is 335 g/mol. The normalized spacial score (nSPS) is 26.2. The van der Waals surface area contributed by atoms with Gasteiger partial charge in [0.15, 0.2) is 5.69 Å². The molecule has 0 unspecified atom stereocenters. The number of nitrogens with one attached hydrogen (secondary N) is 2. The van der Waals surface area contributed by atoms with Gasteiger partial charge in [-0.05, 0) is 26.7 Å². The van der Waals surface area contributed by atoms with Crippen molar-refractivity contribution in [2.24, 2.45) is 5.41 Å². The molecule has 0 spiro atoms. The Hall–Kier alpha value is -1.40. The van der Waals surface area contributed by atoms with Gasteiger partial charge in [-0.1, -0.05) is 26.7 Å². The van der Waals surface area contributed by atoms with Crippen LogP contribution in [0.1, 0.15) is 81.2 Å². The van der Waals surface area contributed by atoms with Gasteiger partial charge in [0.25, 0.3) is 5.91 Å². The molecule has 0 bridgehead atoms. The number of hydrogen-bond donors (Lipinski definition) is 3. The molecular formula is C18H29N3O3. The standard InChI is InChI=1S/C18H29N3O3/c1-11-9-13-14(12(2)24-11)20-21-15(13)16(22)19-10-17(3,4)18(23)7-5-6-8-18/h11-12,23H,5-10H2,1-4H3,(H,19,22)(H,20,21)/t11-,12+/m1/s1. The van der Waals surface area contributed by atoms with E-state index < -0.39 is 5.60 Å². The van der Waals surface area contributed by atoms with Gasteiger partial charge in [-0.3, -0.25) is 9.89 Å². The highest BCUT2D eigenvalue weighted by atomic mass is 16.5. The zero-order chi connectivity index (χ0) is 17.5. The molecule has 0 radical (unpaired) electrons. The predicted molar refractivity (Wildman–Crippen MR) is 90.8 cm³/mol. The van der Waals surface area contributed by atoms with E-state index >= 15 is 0 Å². The largest absolute Gasteiger partial charge is 0.389 e. The third-order valence-corrected chi connectivity index (χ3v) is 5.83. The number of carbonyl (C=O) groups is 1. The second kappa shape index (κ2) is 6.15. The first-order chi connectivity index (χ1) is 11.2. The summed E-state index contributed by atoms with van der Waals surface area (Å²) in [5.74, 6) is -0.177. The third kappa shape index (κ3) is 2.97. The molecule has 1 aliphatic carbocycles. The van der Waals surface area contributed by atoms with E-state index in [1.165, 1.54) is 0 Å². The average Bonchev–Trinajstić information content (AvgIpc) is 3.12. The van der Waals surface area contributed by atoms with Gasteiger partial charge in [0.1, 0.15) is 0 Å². The van der Waals surface area contributed by atoms with Crippen LogP contribution in [0.15, 0.2) is 0 Å². The first-order valence-corrected chi connectivity index (χ1v) is 8.97. The minimum absolute atomic E-state index is 0.0755. The maximum atomic E-state index is 12.6. The number of fused-ring (bicyclic) bond motifs is 1. The van der Waals surface area contributed by atoms with Crippen molar-refractivity contribution in [3.05, 3.63) is 17.0 Å². The molecule has 6 heteroatoms. The summed E-state index contributed by atoms with van der Waals surface area (Å²) < 4.78 is 5.76. The number of carbonyl (C=O) groups excluding carboxylic acids is 1. The predicted octanol–water partition coefficient (Wildman–Crippen LogP) is 2.49. The van der Waals surface area contributed by atoms with Crippen LogP contribution in [0.4, 0.5) is 0 Å². The van der Waals surface area contributed by atoms with Crippen molar-refractivity contribution in [2.45, 2.75) is 77.6 Å². The van der Waals surface area contributed by atoms with E-state index in [4.69, 9.17) is 4.74 Å². The smallest absolute Gasteiger partial charge is 0.272 e. The molecule has 0 saturated heterocycles. The van der Waals surface area contributed by atoms with Crippen LogP contribution < -0.4 is 5.32 Å². The van der Waals surface area contributed by atoms with Crippen LogP contribution in [0.3, 0.4) is 0 Å². The molecule has 2 heterocycles. The van der Waals surface area contributed by atoms with Crippen molar-refractivity contribution in [3.8, 4) is 0 Å². The number of aromatic nitrogens is 2. The van der Waals surface area contributed by atoms with Crippen molar-refractivity contribution < 1.29 is 14.6 Å². The highest BCUT2D eigenvalue weighted by molar-refractivity contribution is 5.94. The summed E-state index contributed by atoms with van der Waals surface area (Å²) in [6.07, 6.45) is 4.40. The summed E-state index contributed by atoms with van der Waals surface area (Å²) in [4.78, 5) is 12.6. The summed E-state index contributed by atoms with van der Waals surface area (Å²) in [6.45, 7) is 8.46. The van der Waals surface area contributed by atoms with Gasteiger partial charge in [-0.25, -0.2) is 0 Å².